The highest BCUT2D eigenvalue weighted by Crippen LogP contribution is 2.03. The maximum Gasteiger partial charge on any atom is 0.417 e. The van der Waals surface area contributed by atoms with Gasteiger partial charge in [-0.05, 0) is 6.92 Å². The summed E-state index contributed by atoms with van der Waals surface area (Å²) < 4.78 is 9.40. The van der Waals surface area contributed by atoms with Gasteiger partial charge in [0.25, 0.3) is 0 Å². The van der Waals surface area contributed by atoms with Crippen molar-refractivity contribution in [1.29, 1.82) is 0 Å². The highest BCUT2D eigenvalue weighted by Gasteiger charge is 2.21. The van der Waals surface area contributed by atoms with Crippen LogP contribution in [0, 0.1) is 0 Å². The average molecular weight is 229 g/mol. The highest BCUT2D eigenvalue weighted by atomic mass is 16.6. The fourth-order valence-electron chi connectivity index (χ4n) is 1.59. The number of ether oxygens (including phenoxy) is 2. The third kappa shape index (κ3) is 4.06. The zero-order chi connectivity index (χ0) is 11.8. The Labute approximate surface area is 95.1 Å². The molecule has 1 radical (unpaired) electrons. The first-order valence-electron chi connectivity index (χ1n) is 5.41. The van der Waals surface area contributed by atoms with Crippen molar-refractivity contribution in [2.24, 2.45) is 0 Å². The van der Waals surface area contributed by atoms with E-state index in [1.807, 2.05) is 0 Å². The van der Waals surface area contributed by atoms with E-state index in [0.29, 0.717) is 32.8 Å². The van der Waals surface area contributed by atoms with Crippen LogP contribution in [0.15, 0.2) is 0 Å². The van der Waals surface area contributed by atoms with E-state index >= 15 is 0 Å². The average Bonchev–Trinajstić information content (AvgIpc) is 2.30. The van der Waals surface area contributed by atoms with Crippen LogP contribution in [0.3, 0.4) is 0 Å². The predicted octanol–water partition coefficient (Wildman–Crippen LogP) is -0.156. The molecule has 1 rings (SSSR count). The van der Waals surface area contributed by atoms with Crippen molar-refractivity contribution in [3.8, 4) is 0 Å². The van der Waals surface area contributed by atoms with E-state index in [-0.39, 0.29) is 6.09 Å². The smallest absolute Gasteiger partial charge is 0.417 e. The van der Waals surface area contributed by atoms with Gasteiger partial charge in [0.15, 0.2) is 0 Å². The molecule has 0 unspecified atom stereocenters. The molecule has 1 aliphatic rings. The minimum Gasteiger partial charge on any atom is -0.456 e. The van der Waals surface area contributed by atoms with Crippen molar-refractivity contribution in [3.05, 3.63) is 0 Å². The number of hydrogen-bond donors (Lipinski definition) is 0. The van der Waals surface area contributed by atoms with Crippen LogP contribution < -0.4 is 0 Å². The Morgan fingerprint density at radius 2 is 2.00 bits per heavy atom. The Morgan fingerprint density at radius 1 is 1.31 bits per heavy atom. The van der Waals surface area contributed by atoms with Crippen LogP contribution >= 0.6 is 0 Å². The summed E-state index contributed by atoms with van der Waals surface area (Å²) in [7, 11) is 0. The summed E-state index contributed by atoms with van der Waals surface area (Å²) in [6.07, 6.45) is -0.250. The van der Waals surface area contributed by atoms with Gasteiger partial charge in [0, 0.05) is 32.7 Å². The van der Waals surface area contributed by atoms with Gasteiger partial charge < -0.3 is 14.4 Å². The summed E-state index contributed by atoms with van der Waals surface area (Å²) in [6.45, 7) is 7.49. The van der Waals surface area contributed by atoms with E-state index in [4.69, 9.17) is 4.74 Å². The Bertz CT molecular complexity index is 227. The molecule has 6 nitrogen and oxygen atoms in total. The van der Waals surface area contributed by atoms with E-state index in [9.17, 15) is 9.59 Å². The minimum atomic E-state index is -0.250. The molecule has 0 aliphatic carbocycles. The monoisotopic (exact) mass is 229 g/mol. The maximum absolute atomic E-state index is 11.4. The van der Waals surface area contributed by atoms with E-state index < -0.39 is 0 Å². The van der Waals surface area contributed by atoms with Gasteiger partial charge >= 0.3 is 12.6 Å². The number of carbonyl (C=O) groups is 1. The second-order valence-corrected chi connectivity index (χ2v) is 3.46. The fourth-order valence-corrected chi connectivity index (χ4v) is 1.59. The zero-order valence-electron chi connectivity index (χ0n) is 9.48. The van der Waals surface area contributed by atoms with Gasteiger partial charge in [0.1, 0.15) is 6.61 Å². The van der Waals surface area contributed by atoms with Crippen LogP contribution in [0.5, 0.6) is 0 Å². The van der Waals surface area contributed by atoms with Gasteiger partial charge in [0.05, 0.1) is 6.61 Å². The fraction of sp³-hybridized carbons (Fsp3) is 0.800. The molecule has 0 N–H and O–H groups in total. The molecular formula is C10H17N2O4. The maximum atomic E-state index is 11.4. The predicted molar refractivity (Wildman–Crippen MR) is 56.7 cm³/mol. The van der Waals surface area contributed by atoms with Crippen LogP contribution in [-0.2, 0) is 14.3 Å². The normalized spacial score (nSPS) is 16.9. The number of carbonyl (C=O) groups excluding carboxylic acids is 2. The van der Waals surface area contributed by atoms with E-state index in [2.05, 4.69) is 9.64 Å². The lowest BCUT2D eigenvalue weighted by Gasteiger charge is -2.33. The SMILES string of the molecule is CCOC(=O)N1CCN(CCO[C]=O)CC1. The van der Waals surface area contributed by atoms with Gasteiger partial charge in [-0.3, -0.25) is 4.90 Å². The van der Waals surface area contributed by atoms with E-state index in [0.717, 1.165) is 13.1 Å². The van der Waals surface area contributed by atoms with E-state index in [1.54, 1.807) is 11.8 Å². The standard InChI is InChI=1S/C10H17N2O4/c1-2-16-10(14)12-5-3-11(4-6-12)7-8-15-9-13/h2-8H2,1H3. The second-order valence-electron chi connectivity index (χ2n) is 3.46. The Morgan fingerprint density at radius 3 is 2.56 bits per heavy atom. The van der Waals surface area contributed by atoms with Gasteiger partial charge in [-0.15, -0.1) is 0 Å². The molecule has 0 spiro atoms. The molecule has 6 heteroatoms. The molecule has 1 heterocycles. The first-order valence-corrected chi connectivity index (χ1v) is 5.41. The van der Waals surface area contributed by atoms with Gasteiger partial charge in [0.2, 0.25) is 0 Å². The quantitative estimate of drug-likeness (QED) is 0.613. The van der Waals surface area contributed by atoms with Crippen molar-refractivity contribution in [2.75, 3.05) is 45.9 Å². The molecule has 16 heavy (non-hydrogen) atoms. The zero-order valence-corrected chi connectivity index (χ0v) is 9.48. The minimum absolute atomic E-state index is 0.250. The summed E-state index contributed by atoms with van der Waals surface area (Å²) >= 11 is 0. The lowest BCUT2D eigenvalue weighted by atomic mass is 10.3. The van der Waals surface area contributed by atoms with Crippen LogP contribution in [-0.4, -0.2) is 68.3 Å². The van der Waals surface area contributed by atoms with Crippen molar-refractivity contribution < 1.29 is 19.1 Å². The summed E-state index contributed by atoms with van der Waals surface area (Å²) in [5.74, 6) is 0. The number of hydrogen-bond acceptors (Lipinski definition) is 5. The lowest BCUT2D eigenvalue weighted by molar-refractivity contribution is 0.0750. The molecule has 0 bridgehead atoms. The number of rotatable bonds is 5. The summed E-state index contributed by atoms with van der Waals surface area (Å²) in [5, 5.41) is 0. The van der Waals surface area contributed by atoms with Crippen molar-refractivity contribution >= 4 is 12.6 Å². The molecule has 0 aromatic carbocycles. The third-order valence-corrected chi connectivity index (χ3v) is 2.47. The molecule has 0 aromatic rings. The molecule has 0 atom stereocenters. The van der Waals surface area contributed by atoms with Crippen molar-refractivity contribution in [3.63, 3.8) is 0 Å². The second kappa shape index (κ2) is 7.05. The van der Waals surface area contributed by atoms with E-state index in [1.165, 1.54) is 6.47 Å². The third-order valence-electron chi connectivity index (χ3n) is 2.47. The molecule has 1 saturated heterocycles. The number of piperazine rings is 1. The molecular weight excluding hydrogens is 212 g/mol. The van der Waals surface area contributed by atoms with Crippen LogP contribution in [0.2, 0.25) is 0 Å². The molecule has 1 aliphatic heterocycles. The molecule has 1 amide bonds. The summed E-state index contributed by atoms with van der Waals surface area (Å²) in [5.41, 5.74) is 0. The number of amides is 1. The van der Waals surface area contributed by atoms with Gasteiger partial charge in [-0.2, -0.15) is 0 Å². The molecule has 91 valence electrons. The van der Waals surface area contributed by atoms with Crippen molar-refractivity contribution in [2.45, 2.75) is 6.92 Å². The molecule has 0 aromatic heterocycles. The van der Waals surface area contributed by atoms with Gasteiger partial charge in [-0.1, -0.05) is 0 Å². The molecule has 1 fully saturated rings. The number of nitrogens with zero attached hydrogens (tertiary/aromatic N) is 2. The summed E-state index contributed by atoms with van der Waals surface area (Å²) in [4.78, 5) is 25.0. The topological polar surface area (TPSA) is 59.1 Å². The van der Waals surface area contributed by atoms with Crippen LogP contribution in [0.1, 0.15) is 6.92 Å². The largest absolute Gasteiger partial charge is 0.456 e. The Balaban J connectivity index is 2.17. The van der Waals surface area contributed by atoms with Crippen LogP contribution in [0.25, 0.3) is 0 Å². The summed E-state index contributed by atoms with van der Waals surface area (Å²) in [6, 6.07) is 0. The Kier molecular flexibility index (Phi) is 5.63. The van der Waals surface area contributed by atoms with Gasteiger partial charge in [-0.25, -0.2) is 9.59 Å². The highest BCUT2D eigenvalue weighted by molar-refractivity contribution is 5.67. The lowest BCUT2D eigenvalue weighted by Crippen LogP contribution is -2.49. The molecule has 0 saturated carbocycles. The first-order chi connectivity index (χ1) is 7.77. The van der Waals surface area contributed by atoms with Crippen molar-refractivity contribution in [1.82, 2.24) is 9.80 Å². The van der Waals surface area contributed by atoms with Crippen LogP contribution in [0.4, 0.5) is 4.79 Å². The first kappa shape index (κ1) is 12.8. The Hall–Kier alpha value is -1.30.